The van der Waals surface area contributed by atoms with Crippen LogP contribution in [0.5, 0.6) is 0 Å². The number of nitrogens with zero attached hydrogens (tertiary/aromatic N) is 2. The lowest BCUT2D eigenvalue weighted by Gasteiger charge is -2.02. The minimum atomic E-state index is 0.724. The summed E-state index contributed by atoms with van der Waals surface area (Å²) in [5.74, 6) is 0. The van der Waals surface area contributed by atoms with Gasteiger partial charge in [-0.15, -0.1) is 0 Å². The Labute approximate surface area is 68.1 Å². The van der Waals surface area contributed by atoms with Crippen LogP contribution in [0.3, 0.4) is 0 Å². The number of rotatable bonds is 4. The van der Waals surface area contributed by atoms with Gasteiger partial charge in [-0.3, -0.25) is 0 Å². The van der Waals surface area contributed by atoms with Crippen LogP contribution in [0.15, 0.2) is 18.7 Å². The molecule has 0 radical (unpaired) electrons. The molecule has 1 aromatic heterocycles. The SMILES string of the molecule is BrCCCOn1ccnc1. The molecule has 0 saturated carbocycles. The minimum absolute atomic E-state index is 0.724. The first kappa shape index (κ1) is 7.60. The van der Waals surface area contributed by atoms with Gasteiger partial charge < -0.3 is 4.84 Å². The topological polar surface area (TPSA) is 27.1 Å². The van der Waals surface area contributed by atoms with Crippen molar-refractivity contribution in [3.8, 4) is 0 Å². The van der Waals surface area contributed by atoms with Crippen molar-refractivity contribution in [1.29, 1.82) is 0 Å². The molecule has 0 aliphatic rings. The van der Waals surface area contributed by atoms with Gasteiger partial charge >= 0.3 is 0 Å². The molecule has 0 saturated heterocycles. The van der Waals surface area contributed by atoms with E-state index in [1.54, 1.807) is 23.5 Å². The Balaban J connectivity index is 2.15. The van der Waals surface area contributed by atoms with Gasteiger partial charge in [0.1, 0.15) is 12.9 Å². The highest BCUT2D eigenvalue weighted by Crippen LogP contribution is 1.87. The largest absolute Gasteiger partial charge is 0.413 e. The molecule has 0 amide bonds. The highest BCUT2D eigenvalue weighted by Gasteiger charge is 1.87. The Morgan fingerprint density at radius 1 is 1.60 bits per heavy atom. The molecule has 1 heterocycles. The van der Waals surface area contributed by atoms with Gasteiger partial charge in [0.2, 0.25) is 0 Å². The summed E-state index contributed by atoms with van der Waals surface area (Å²) in [7, 11) is 0. The monoisotopic (exact) mass is 204 g/mol. The summed E-state index contributed by atoms with van der Waals surface area (Å²) in [6.07, 6.45) is 6.11. The van der Waals surface area contributed by atoms with Gasteiger partial charge in [-0.25, -0.2) is 4.98 Å². The number of hydrogen-bond acceptors (Lipinski definition) is 2. The Hall–Kier alpha value is -0.510. The van der Waals surface area contributed by atoms with E-state index in [4.69, 9.17) is 4.84 Å². The third-order valence-electron chi connectivity index (χ3n) is 0.998. The van der Waals surface area contributed by atoms with E-state index in [-0.39, 0.29) is 0 Å². The molecule has 0 aliphatic carbocycles. The molecule has 1 aromatic rings. The molecule has 0 N–H and O–H groups in total. The molecule has 10 heavy (non-hydrogen) atoms. The van der Waals surface area contributed by atoms with Gasteiger partial charge in [0.25, 0.3) is 0 Å². The molecule has 0 fully saturated rings. The zero-order valence-corrected chi connectivity index (χ0v) is 7.12. The first-order chi connectivity index (χ1) is 4.93. The van der Waals surface area contributed by atoms with Crippen molar-refractivity contribution in [1.82, 2.24) is 9.71 Å². The molecule has 1 rings (SSSR count). The first-order valence-corrected chi connectivity index (χ1v) is 4.23. The van der Waals surface area contributed by atoms with Crippen LogP contribution >= 0.6 is 15.9 Å². The summed E-state index contributed by atoms with van der Waals surface area (Å²) in [6.45, 7) is 0.724. The Kier molecular flexibility index (Phi) is 3.29. The molecule has 0 bridgehead atoms. The van der Waals surface area contributed by atoms with Crippen molar-refractivity contribution >= 4 is 15.9 Å². The molecule has 4 heteroatoms. The third-order valence-corrected chi connectivity index (χ3v) is 1.56. The van der Waals surface area contributed by atoms with Crippen LogP contribution in [-0.4, -0.2) is 21.7 Å². The van der Waals surface area contributed by atoms with Crippen molar-refractivity contribution < 1.29 is 4.84 Å². The van der Waals surface area contributed by atoms with Crippen molar-refractivity contribution in [3.05, 3.63) is 18.7 Å². The van der Waals surface area contributed by atoms with Crippen LogP contribution in [0.1, 0.15) is 6.42 Å². The predicted octanol–water partition coefficient (Wildman–Crippen LogP) is 1.10. The molecular formula is C6H9BrN2O. The molecule has 0 atom stereocenters. The Bertz CT molecular complexity index is 164. The average Bonchev–Trinajstić information content (AvgIpc) is 2.41. The lowest BCUT2D eigenvalue weighted by atomic mass is 10.5. The zero-order valence-electron chi connectivity index (χ0n) is 5.53. The summed E-state index contributed by atoms with van der Waals surface area (Å²) >= 11 is 3.31. The van der Waals surface area contributed by atoms with Crippen LogP contribution in [-0.2, 0) is 0 Å². The van der Waals surface area contributed by atoms with Gasteiger partial charge in [-0.2, -0.15) is 4.73 Å². The van der Waals surface area contributed by atoms with Crippen molar-refractivity contribution in [3.63, 3.8) is 0 Å². The van der Waals surface area contributed by atoms with E-state index in [1.165, 1.54) is 0 Å². The van der Waals surface area contributed by atoms with Gasteiger partial charge in [0.05, 0.1) is 6.20 Å². The molecule has 0 aromatic carbocycles. The summed E-state index contributed by atoms with van der Waals surface area (Å²) in [5.41, 5.74) is 0. The minimum Gasteiger partial charge on any atom is -0.413 e. The maximum atomic E-state index is 5.21. The molecule has 3 nitrogen and oxygen atoms in total. The summed E-state index contributed by atoms with van der Waals surface area (Å²) in [5, 5.41) is 0.974. The fourth-order valence-electron chi connectivity index (χ4n) is 0.548. The summed E-state index contributed by atoms with van der Waals surface area (Å²) in [4.78, 5) is 9.04. The van der Waals surface area contributed by atoms with Gasteiger partial charge in [-0.1, -0.05) is 15.9 Å². The van der Waals surface area contributed by atoms with Crippen LogP contribution < -0.4 is 4.84 Å². The highest BCUT2D eigenvalue weighted by molar-refractivity contribution is 9.09. The van der Waals surface area contributed by atoms with E-state index in [0.717, 1.165) is 18.4 Å². The fourth-order valence-corrected chi connectivity index (χ4v) is 0.777. The first-order valence-electron chi connectivity index (χ1n) is 3.10. The molecule has 56 valence electrons. The normalized spacial score (nSPS) is 9.70. The van der Waals surface area contributed by atoms with Gasteiger partial charge in [0.15, 0.2) is 0 Å². The van der Waals surface area contributed by atoms with E-state index in [1.807, 2.05) is 0 Å². The fraction of sp³-hybridized carbons (Fsp3) is 0.500. The van der Waals surface area contributed by atoms with E-state index < -0.39 is 0 Å². The van der Waals surface area contributed by atoms with Crippen LogP contribution in [0.25, 0.3) is 0 Å². The second-order valence-corrected chi connectivity index (χ2v) is 2.59. The van der Waals surface area contributed by atoms with E-state index in [2.05, 4.69) is 20.9 Å². The van der Waals surface area contributed by atoms with Gasteiger partial charge in [0, 0.05) is 11.5 Å². The lowest BCUT2D eigenvalue weighted by Crippen LogP contribution is -2.10. The lowest BCUT2D eigenvalue weighted by molar-refractivity contribution is 0.111. The number of aromatic nitrogens is 2. The molecule has 0 unspecified atom stereocenters. The third kappa shape index (κ3) is 2.39. The van der Waals surface area contributed by atoms with E-state index >= 15 is 0 Å². The standard InChI is InChI=1S/C6H9BrN2O/c7-2-1-5-10-9-4-3-8-6-9/h3-4,6H,1-2,5H2. The number of halogens is 1. The quantitative estimate of drug-likeness (QED) is 0.543. The average molecular weight is 205 g/mol. The predicted molar refractivity (Wildman–Crippen MR) is 42.1 cm³/mol. The van der Waals surface area contributed by atoms with Crippen molar-refractivity contribution in [2.45, 2.75) is 6.42 Å². The summed E-state index contributed by atoms with van der Waals surface area (Å²) in [6, 6.07) is 0. The number of imidazole rings is 1. The maximum Gasteiger partial charge on any atom is 0.131 e. The zero-order chi connectivity index (χ0) is 7.23. The number of alkyl halides is 1. The van der Waals surface area contributed by atoms with E-state index in [0.29, 0.717) is 0 Å². The Morgan fingerprint density at radius 3 is 3.10 bits per heavy atom. The van der Waals surface area contributed by atoms with Crippen LogP contribution in [0.4, 0.5) is 0 Å². The van der Waals surface area contributed by atoms with Gasteiger partial charge in [-0.05, 0) is 6.42 Å². The molecule has 0 spiro atoms. The molecular weight excluding hydrogens is 196 g/mol. The van der Waals surface area contributed by atoms with Crippen molar-refractivity contribution in [2.75, 3.05) is 11.9 Å². The van der Waals surface area contributed by atoms with E-state index in [9.17, 15) is 0 Å². The second-order valence-electron chi connectivity index (χ2n) is 1.80. The Morgan fingerprint density at radius 2 is 2.50 bits per heavy atom. The van der Waals surface area contributed by atoms with Crippen LogP contribution in [0, 0.1) is 0 Å². The second kappa shape index (κ2) is 4.33. The summed E-state index contributed by atoms with van der Waals surface area (Å²) < 4.78 is 1.60. The smallest absolute Gasteiger partial charge is 0.131 e. The maximum absolute atomic E-state index is 5.21. The highest BCUT2D eigenvalue weighted by atomic mass is 79.9. The number of hydrogen-bond donors (Lipinski definition) is 0. The van der Waals surface area contributed by atoms with Crippen LogP contribution in [0.2, 0.25) is 0 Å². The van der Waals surface area contributed by atoms with Crippen molar-refractivity contribution in [2.24, 2.45) is 0 Å². The molecule has 0 aliphatic heterocycles.